The van der Waals surface area contributed by atoms with E-state index in [9.17, 15) is 0 Å². The van der Waals surface area contributed by atoms with E-state index in [-0.39, 0.29) is 0 Å². The van der Waals surface area contributed by atoms with Gasteiger partial charge in [-0.05, 0) is 24.8 Å². The zero-order chi connectivity index (χ0) is 10.8. The molecule has 0 aliphatic heterocycles. The average molecular weight is 232 g/mol. The molecule has 1 saturated carbocycles. The van der Waals surface area contributed by atoms with Gasteiger partial charge in [-0.1, -0.05) is 35.5 Å². The molecule has 1 aromatic carbocycles. The molecule has 0 radical (unpaired) electrons. The van der Waals surface area contributed by atoms with Crippen molar-refractivity contribution in [3.8, 4) is 11.3 Å². The molecule has 0 spiro atoms. The van der Waals surface area contributed by atoms with Gasteiger partial charge in [-0.15, -0.1) is 0 Å². The number of rotatable bonds is 4. The van der Waals surface area contributed by atoms with E-state index < -0.39 is 0 Å². The van der Waals surface area contributed by atoms with Gasteiger partial charge >= 0.3 is 0 Å². The molecular weight excluding hydrogens is 220 g/mol. The van der Waals surface area contributed by atoms with Crippen LogP contribution in [0.5, 0.6) is 0 Å². The summed E-state index contributed by atoms with van der Waals surface area (Å²) in [6.45, 7) is 0. The Morgan fingerprint density at radius 3 is 2.81 bits per heavy atom. The van der Waals surface area contributed by atoms with Crippen molar-refractivity contribution in [3.63, 3.8) is 0 Å². The second-order valence-corrected chi connectivity index (χ2v) is 4.97. The van der Waals surface area contributed by atoms with E-state index in [0.717, 1.165) is 22.4 Å². The molecule has 0 amide bonds. The normalized spacial score (nSPS) is 15.0. The molecule has 0 bridgehead atoms. The van der Waals surface area contributed by atoms with Crippen LogP contribution < -0.4 is 4.72 Å². The number of nitrogens with one attached hydrogen (secondary N) is 1. The number of hydrogen-bond donors (Lipinski definition) is 1. The zero-order valence-corrected chi connectivity index (χ0v) is 9.54. The standard InChI is InChI=1S/C12H12N2OS/c1-2-4-9(5-3-1)11-8-12(13-15-11)14-16-10-6-7-10/h1-5,8,10H,6-7H2,(H,13,14). The number of anilines is 1. The maximum atomic E-state index is 5.28. The van der Waals surface area contributed by atoms with E-state index in [1.807, 2.05) is 36.4 Å². The van der Waals surface area contributed by atoms with Crippen molar-refractivity contribution in [2.24, 2.45) is 0 Å². The van der Waals surface area contributed by atoms with Crippen LogP contribution in [0.1, 0.15) is 12.8 Å². The Morgan fingerprint density at radius 2 is 2.06 bits per heavy atom. The lowest BCUT2D eigenvalue weighted by Gasteiger charge is -1.96. The van der Waals surface area contributed by atoms with Gasteiger partial charge in [-0.3, -0.25) is 0 Å². The lowest BCUT2D eigenvalue weighted by atomic mass is 10.2. The molecule has 1 N–H and O–H groups in total. The molecule has 3 nitrogen and oxygen atoms in total. The Labute approximate surface area is 98.4 Å². The lowest BCUT2D eigenvalue weighted by molar-refractivity contribution is 0.436. The highest BCUT2D eigenvalue weighted by Crippen LogP contribution is 2.34. The van der Waals surface area contributed by atoms with Crippen LogP contribution in [-0.2, 0) is 0 Å². The van der Waals surface area contributed by atoms with Crippen LogP contribution in [0, 0.1) is 0 Å². The minimum absolute atomic E-state index is 0.761. The Kier molecular flexibility index (Phi) is 2.58. The number of aromatic nitrogens is 1. The molecule has 4 heteroatoms. The molecule has 1 aromatic heterocycles. The van der Waals surface area contributed by atoms with E-state index in [0.29, 0.717) is 0 Å². The summed E-state index contributed by atoms with van der Waals surface area (Å²) in [4.78, 5) is 0. The first-order valence-electron chi connectivity index (χ1n) is 5.35. The Balaban J connectivity index is 1.71. The number of benzene rings is 1. The van der Waals surface area contributed by atoms with Gasteiger partial charge in [0.2, 0.25) is 0 Å². The fraction of sp³-hybridized carbons (Fsp3) is 0.250. The second kappa shape index (κ2) is 4.22. The molecule has 1 aliphatic carbocycles. The molecule has 2 aromatic rings. The minimum Gasteiger partial charge on any atom is -0.354 e. The van der Waals surface area contributed by atoms with Crippen molar-refractivity contribution < 1.29 is 4.52 Å². The molecule has 3 rings (SSSR count). The highest BCUT2D eigenvalue weighted by molar-refractivity contribution is 8.01. The highest BCUT2D eigenvalue weighted by Gasteiger charge is 2.22. The highest BCUT2D eigenvalue weighted by atomic mass is 32.2. The third-order valence-corrected chi connectivity index (χ3v) is 3.55. The lowest BCUT2D eigenvalue weighted by Crippen LogP contribution is -1.87. The van der Waals surface area contributed by atoms with Gasteiger partial charge in [0.15, 0.2) is 11.6 Å². The van der Waals surface area contributed by atoms with Crippen LogP contribution in [0.25, 0.3) is 11.3 Å². The van der Waals surface area contributed by atoms with Gasteiger partial charge in [-0.2, -0.15) is 0 Å². The van der Waals surface area contributed by atoms with E-state index in [1.165, 1.54) is 12.8 Å². The first-order chi connectivity index (χ1) is 7.92. The summed E-state index contributed by atoms with van der Waals surface area (Å²) in [5.74, 6) is 1.61. The van der Waals surface area contributed by atoms with Crippen LogP contribution in [0.4, 0.5) is 5.82 Å². The van der Waals surface area contributed by atoms with E-state index in [1.54, 1.807) is 11.9 Å². The van der Waals surface area contributed by atoms with Gasteiger partial charge in [0, 0.05) is 16.9 Å². The summed E-state index contributed by atoms with van der Waals surface area (Å²) in [5, 5.41) is 4.75. The van der Waals surface area contributed by atoms with Crippen LogP contribution in [-0.4, -0.2) is 10.4 Å². The van der Waals surface area contributed by atoms with Crippen LogP contribution >= 0.6 is 11.9 Å². The first-order valence-corrected chi connectivity index (χ1v) is 6.23. The van der Waals surface area contributed by atoms with E-state index in [4.69, 9.17) is 4.52 Å². The third-order valence-electron chi connectivity index (χ3n) is 2.42. The predicted molar refractivity (Wildman–Crippen MR) is 66.2 cm³/mol. The quantitative estimate of drug-likeness (QED) is 0.818. The predicted octanol–water partition coefficient (Wildman–Crippen LogP) is 3.56. The number of nitrogens with zero attached hydrogens (tertiary/aromatic N) is 1. The Hall–Kier alpha value is -1.42. The van der Waals surface area contributed by atoms with Crippen molar-refractivity contribution in [1.82, 2.24) is 5.16 Å². The largest absolute Gasteiger partial charge is 0.354 e. The summed E-state index contributed by atoms with van der Waals surface area (Å²) in [7, 11) is 0. The molecule has 0 saturated heterocycles. The molecule has 1 fully saturated rings. The third kappa shape index (κ3) is 2.22. The summed E-state index contributed by atoms with van der Waals surface area (Å²) >= 11 is 1.73. The smallest absolute Gasteiger partial charge is 0.179 e. The molecular formula is C12H12N2OS. The Bertz CT molecular complexity index is 465. The van der Waals surface area contributed by atoms with Gasteiger partial charge in [0.1, 0.15) is 0 Å². The molecule has 16 heavy (non-hydrogen) atoms. The molecule has 0 atom stereocenters. The molecule has 1 aliphatic rings. The first kappa shape index (κ1) is 9.78. The summed E-state index contributed by atoms with van der Waals surface area (Å²) < 4.78 is 8.49. The van der Waals surface area contributed by atoms with Crippen LogP contribution in [0.3, 0.4) is 0 Å². The summed E-state index contributed by atoms with van der Waals surface area (Å²) in [5.41, 5.74) is 1.06. The maximum absolute atomic E-state index is 5.28. The summed E-state index contributed by atoms with van der Waals surface area (Å²) in [6.07, 6.45) is 2.61. The molecule has 0 unspecified atom stereocenters. The molecule has 82 valence electrons. The maximum Gasteiger partial charge on any atom is 0.179 e. The van der Waals surface area contributed by atoms with Crippen molar-refractivity contribution in [1.29, 1.82) is 0 Å². The van der Waals surface area contributed by atoms with Crippen molar-refractivity contribution in [2.45, 2.75) is 18.1 Å². The van der Waals surface area contributed by atoms with Crippen molar-refractivity contribution >= 4 is 17.8 Å². The van der Waals surface area contributed by atoms with Crippen molar-refractivity contribution in [3.05, 3.63) is 36.4 Å². The minimum atomic E-state index is 0.761. The fourth-order valence-corrected chi connectivity index (χ4v) is 2.15. The van der Waals surface area contributed by atoms with Crippen molar-refractivity contribution in [2.75, 3.05) is 4.72 Å². The average Bonchev–Trinajstić information content (AvgIpc) is 3.05. The van der Waals surface area contributed by atoms with E-state index in [2.05, 4.69) is 9.88 Å². The second-order valence-electron chi connectivity index (χ2n) is 3.86. The van der Waals surface area contributed by atoms with Crippen LogP contribution in [0.2, 0.25) is 0 Å². The van der Waals surface area contributed by atoms with Crippen LogP contribution in [0.15, 0.2) is 40.9 Å². The van der Waals surface area contributed by atoms with Gasteiger partial charge in [0.05, 0.1) is 0 Å². The Morgan fingerprint density at radius 1 is 1.25 bits per heavy atom. The topological polar surface area (TPSA) is 38.1 Å². The van der Waals surface area contributed by atoms with Gasteiger partial charge < -0.3 is 9.25 Å². The zero-order valence-electron chi connectivity index (χ0n) is 8.72. The monoisotopic (exact) mass is 232 g/mol. The summed E-state index contributed by atoms with van der Waals surface area (Å²) in [6, 6.07) is 11.9. The van der Waals surface area contributed by atoms with E-state index >= 15 is 0 Å². The fourth-order valence-electron chi connectivity index (χ4n) is 1.39. The van der Waals surface area contributed by atoms with Gasteiger partial charge in [0.25, 0.3) is 0 Å². The number of hydrogen-bond acceptors (Lipinski definition) is 4. The van der Waals surface area contributed by atoms with Gasteiger partial charge in [-0.25, -0.2) is 0 Å². The molecule has 1 heterocycles. The SMILES string of the molecule is c1ccc(-c2cc(NSC3CC3)no2)cc1.